The maximum absolute atomic E-state index is 13.6. The van der Waals surface area contributed by atoms with Gasteiger partial charge in [0.2, 0.25) is 10.0 Å². The van der Waals surface area contributed by atoms with Crippen LogP contribution in [0.1, 0.15) is 24.3 Å². The second-order valence-electron chi connectivity index (χ2n) is 9.38. The number of aromatic nitrogens is 1. The number of hydrogen-bond donors (Lipinski definition) is 1. The van der Waals surface area contributed by atoms with Gasteiger partial charge in [0, 0.05) is 61.7 Å². The van der Waals surface area contributed by atoms with Gasteiger partial charge in [-0.15, -0.1) is 0 Å². The number of sulfonamides is 1. The minimum Gasteiger partial charge on any atom is -0.383 e. The van der Waals surface area contributed by atoms with Crippen molar-refractivity contribution < 1.29 is 13.3 Å². The molecule has 11 heteroatoms. The van der Waals surface area contributed by atoms with Gasteiger partial charge in [-0.1, -0.05) is 24.3 Å². The summed E-state index contributed by atoms with van der Waals surface area (Å²) in [6.07, 6.45) is 3.50. The molecule has 0 aliphatic carbocycles. The number of nitro groups is 1. The van der Waals surface area contributed by atoms with Gasteiger partial charge in [0.05, 0.1) is 9.82 Å². The van der Waals surface area contributed by atoms with Crippen molar-refractivity contribution in [3.63, 3.8) is 0 Å². The molecule has 1 N–H and O–H groups in total. The van der Waals surface area contributed by atoms with E-state index in [2.05, 4.69) is 37.2 Å². The molecular formula is C26H28BrN5O4S. The van der Waals surface area contributed by atoms with Gasteiger partial charge in [0.15, 0.2) is 0 Å². The molecule has 2 aliphatic heterocycles. The Morgan fingerprint density at radius 2 is 1.76 bits per heavy atom. The van der Waals surface area contributed by atoms with E-state index < -0.39 is 14.9 Å². The van der Waals surface area contributed by atoms with Crippen LogP contribution in [0.3, 0.4) is 0 Å². The van der Waals surface area contributed by atoms with Gasteiger partial charge in [-0.2, -0.15) is 4.31 Å². The lowest BCUT2D eigenvalue weighted by molar-refractivity contribution is -0.384. The van der Waals surface area contributed by atoms with E-state index in [0.717, 1.165) is 41.8 Å². The van der Waals surface area contributed by atoms with Crippen molar-refractivity contribution in [1.82, 2.24) is 14.2 Å². The number of anilines is 1. The van der Waals surface area contributed by atoms with E-state index in [-0.39, 0.29) is 28.6 Å². The van der Waals surface area contributed by atoms with Crippen molar-refractivity contribution in [2.75, 3.05) is 31.5 Å². The predicted molar refractivity (Wildman–Crippen MR) is 145 cm³/mol. The number of non-ortho nitro benzene ring substituents is 1. The number of fused-ring (bicyclic) bond motifs is 1. The molecule has 0 bridgehead atoms. The standard InChI is InChI=1S/C26H28BrN5O4S/c27-25-13-8-19(16-29-25)26-23(17-28-20-6-2-1-3-7-20)31-15-5-4-14-30(18-24(26)31)37(35,36)22-11-9-21(10-12-22)32(33)34/h1-3,6-13,16,23-24,26,28H,4-5,14-15,17-18H2/t23-,24+,26+/m1/s1. The highest BCUT2D eigenvalue weighted by molar-refractivity contribution is 9.10. The monoisotopic (exact) mass is 585 g/mol. The molecule has 2 aromatic carbocycles. The zero-order chi connectivity index (χ0) is 26.0. The summed E-state index contributed by atoms with van der Waals surface area (Å²) in [5.41, 5.74) is 2.00. The molecule has 194 valence electrons. The van der Waals surface area contributed by atoms with Gasteiger partial charge in [0.1, 0.15) is 4.60 Å². The van der Waals surface area contributed by atoms with Gasteiger partial charge in [-0.25, -0.2) is 13.4 Å². The molecule has 0 spiro atoms. The number of hydrogen-bond acceptors (Lipinski definition) is 7. The van der Waals surface area contributed by atoms with Crippen LogP contribution in [0.5, 0.6) is 0 Å². The van der Waals surface area contributed by atoms with Gasteiger partial charge in [-0.3, -0.25) is 15.0 Å². The lowest BCUT2D eigenvalue weighted by atomic mass is 9.74. The van der Waals surface area contributed by atoms with E-state index in [4.69, 9.17) is 0 Å². The fourth-order valence-electron chi connectivity index (χ4n) is 5.40. The number of halogens is 1. The van der Waals surface area contributed by atoms with Crippen LogP contribution < -0.4 is 5.32 Å². The highest BCUT2D eigenvalue weighted by atomic mass is 79.9. The first-order valence-corrected chi connectivity index (χ1v) is 14.5. The highest BCUT2D eigenvalue weighted by Crippen LogP contribution is 2.43. The van der Waals surface area contributed by atoms with E-state index in [1.54, 1.807) is 4.31 Å². The van der Waals surface area contributed by atoms with Crippen LogP contribution in [0.15, 0.2) is 82.4 Å². The minimum absolute atomic E-state index is 0.00123. The van der Waals surface area contributed by atoms with E-state index in [1.807, 2.05) is 42.6 Å². The SMILES string of the molecule is O=[N+]([O-])c1ccc(S(=O)(=O)N2CCCCN3[C@H](CNc4ccccc4)[C@H](c4ccc(Br)nc4)[C@@H]3C2)cc1. The fraction of sp³-hybridized carbons (Fsp3) is 0.346. The first-order chi connectivity index (χ1) is 17.8. The summed E-state index contributed by atoms with van der Waals surface area (Å²) in [6.45, 7) is 2.40. The zero-order valence-corrected chi connectivity index (χ0v) is 22.5. The van der Waals surface area contributed by atoms with Crippen LogP contribution in [0.25, 0.3) is 0 Å². The average molecular weight is 587 g/mol. The molecule has 2 aliphatic rings. The van der Waals surface area contributed by atoms with Crippen LogP contribution >= 0.6 is 15.9 Å². The van der Waals surface area contributed by atoms with E-state index >= 15 is 0 Å². The number of nitrogens with zero attached hydrogens (tertiary/aromatic N) is 4. The first kappa shape index (κ1) is 25.8. The van der Waals surface area contributed by atoms with Gasteiger partial charge < -0.3 is 5.32 Å². The molecule has 0 amide bonds. The van der Waals surface area contributed by atoms with E-state index in [9.17, 15) is 18.5 Å². The summed E-state index contributed by atoms with van der Waals surface area (Å²) in [5, 5.41) is 14.6. The molecule has 0 saturated carbocycles. The molecule has 1 aromatic heterocycles. The molecule has 0 radical (unpaired) electrons. The number of nitrogens with one attached hydrogen (secondary N) is 1. The van der Waals surface area contributed by atoms with Crippen molar-refractivity contribution in [3.8, 4) is 0 Å². The zero-order valence-electron chi connectivity index (χ0n) is 20.1. The van der Waals surface area contributed by atoms with Crippen LogP contribution in [0, 0.1) is 10.1 Å². The third kappa shape index (κ3) is 5.40. The Hall–Kier alpha value is -2.86. The predicted octanol–water partition coefficient (Wildman–Crippen LogP) is 4.49. The summed E-state index contributed by atoms with van der Waals surface area (Å²) in [6, 6.07) is 19.4. The Balaban J connectivity index is 1.41. The molecule has 37 heavy (non-hydrogen) atoms. The third-order valence-electron chi connectivity index (χ3n) is 7.26. The van der Waals surface area contributed by atoms with E-state index in [0.29, 0.717) is 13.1 Å². The minimum atomic E-state index is -3.81. The van der Waals surface area contributed by atoms with Crippen LogP contribution in [0.2, 0.25) is 0 Å². The quantitative estimate of drug-likeness (QED) is 0.247. The second kappa shape index (κ2) is 10.9. The molecular weight excluding hydrogens is 558 g/mol. The lowest BCUT2D eigenvalue weighted by Crippen LogP contribution is -2.68. The van der Waals surface area contributed by atoms with E-state index in [1.165, 1.54) is 24.3 Å². The molecule has 3 heterocycles. The highest BCUT2D eigenvalue weighted by Gasteiger charge is 2.50. The Morgan fingerprint density at radius 1 is 1.03 bits per heavy atom. The van der Waals surface area contributed by atoms with Crippen molar-refractivity contribution in [1.29, 1.82) is 0 Å². The number of para-hydroxylation sites is 1. The van der Waals surface area contributed by atoms with Gasteiger partial charge >= 0.3 is 0 Å². The molecule has 5 rings (SSSR count). The number of pyridine rings is 1. The molecule has 9 nitrogen and oxygen atoms in total. The van der Waals surface area contributed by atoms with Crippen LogP contribution in [-0.2, 0) is 10.0 Å². The molecule has 3 atom stereocenters. The van der Waals surface area contributed by atoms with Gasteiger partial charge in [-0.05, 0) is 71.2 Å². The maximum atomic E-state index is 13.6. The first-order valence-electron chi connectivity index (χ1n) is 12.3. The van der Waals surface area contributed by atoms with Crippen molar-refractivity contribution in [2.24, 2.45) is 0 Å². The summed E-state index contributed by atoms with van der Waals surface area (Å²) in [5.74, 6) is 0.101. The largest absolute Gasteiger partial charge is 0.383 e. The van der Waals surface area contributed by atoms with Crippen molar-refractivity contribution in [2.45, 2.75) is 35.7 Å². The Kier molecular flexibility index (Phi) is 7.57. The smallest absolute Gasteiger partial charge is 0.269 e. The summed E-state index contributed by atoms with van der Waals surface area (Å²) >= 11 is 3.41. The average Bonchev–Trinajstić information content (AvgIpc) is 2.89. The topological polar surface area (TPSA) is 109 Å². The third-order valence-corrected chi connectivity index (χ3v) is 9.60. The lowest BCUT2D eigenvalue weighted by Gasteiger charge is -2.57. The second-order valence-corrected chi connectivity index (χ2v) is 12.1. The number of rotatable bonds is 7. The molecule has 2 saturated heterocycles. The van der Waals surface area contributed by atoms with Crippen LogP contribution in [0.4, 0.5) is 11.4 Å². The molecule has 0 unspecified atom stereocenters. The fourth-order valence-corrected chi connectivity index (χ4v) is 7.14. The summed E-state index contributed by atoms with van der Waals surface area (Å²) in [7, 11) is -3.81. The summed E-state index contributed by atoms with van der Waals surface area (Å²) < 4.78 is 29.5. The molecule has 3 aromatic rings. The summed E-state index contributed by atoms with van der Waals surface area (Å²) in [4.78, 5) is 17.4. The van der Waals surface area contributed by atoms with Gasteiger partial charge in [0.25, 0.3) is 5.69 Å². The maximum Gasteiger partial charge on any atom is 0.269 e. The number of benzene rings is 2. The Labute approximate surface area is 224 Å². The van der Waals surface area contributed by atoms with Crippen LogP contribution in [-0.4, -0.2) is 65.8 Å². The van der Waals surface area contributed by atoms with Crippen molar-refractivity contribution in [3.05, 3.63) is 93.2 Å². The Bertz CT molecular complexity index is 1340. The normalized spacial score (nSPS) is 22.8. The molecule has 2 fully saturated rings. The Morgan fingerprint density at radius 3 is 2.43 bits per heavy atom. The number of nitro benzene ring substituents is 1. The van der Waals surface area contributed by atoms with Crippen molar-refractivity contribution >= 4 is 37.3 Å².